The number of hydrogen-bond donors (Lipinski definition) is 3. The van der Waals surface area contributed by atoms with E-state index < -0.39 is 6.09 Å². The van der Waals surface area contributed by atoms with Crippen molar-refractivity contribution in [3.05, 3.63) is 35.9 Å². The number of hydrogen-bond acceptors (Lipinski definition) is 5. The van der Waals surface area contributed by atoms with Crippen molar-refractivity contribution < 1.29 is 19.4 Å². The highest BCUT2D eigenvalue weighted by atomic mass is 16.6. The van der Waals surface area contributed by atoms with Crippen molar-refractivity contribution in [2.24, 2.45) is 0 Å². The Labute approximate surface area is 147 Å². The smallest absolute Gasteiger partial charge is 0.410 e. The van der Waals surface area contributed by atoms with Gasteiger partial charge in [0.05, 0.1) is 0 Å². The van der Waals surface area contributed by atoms with Gasteiger partial charge in [0.1, 0.15) is 6.61 Å². The number of carbonyl (C=O) groups is 2. The van der Waals surface area contributed by atoms with Crippen LogP contribution < -0.4 is 10.6 Å². The first-order valence-corrected chi connectivity index (χ1v) is 8.52. The van der Waals surface area contributed by atoms with Crippen molar-refractivity contribution >= 4 is 12.2 Å². The van der Waals surface area contributed by atoms with Crippen molar-refractivity contribution in [3.63, 3.8) is 0 Å². The maximum absolute atomic E-state index is 12.3. The summed E-state index contributed by atoms with van der Waals surface area (Å²) >= 11 is 0. The molecule has 0 saturated carbocycles. The fraction of sp³-hybridized carbons (Fsp3) is 0.529. The van der Waals surface area contributed by atoms with Crippen molar-refractivity contribution in [3.8, 4) is 0 Å². The summed E-state index contributed by atoms with van der Waals surface area (Å²) in [5.41, 5.74) is 0.954. The highest BCUT2D eigenvalue weighted by Gasteiger charge is 2.16. The standard InChI is InChI=1S/C17H26N4O4/c22-16(23)20-10-6-18-8-12-21(13-9-19-7-11-20)17(24)25-14-15-4-2-1-3-5-15/h1-5,18-19H,6-14H2,(H,22,23). The van der Waals surface area contributed by atoms with Crippen LogP contribution in [0.25, 0.3) is 0 Å². The molecule has 8 heteroatoms. The summed E-state index contributed by atoms with van der Waals surface area (Å²) < 4.78 is 5.39. The minimum absolute atomic E-state index is 0.255. The van der Waals surface area contributed by atoms with Gasteiger partial charge in [-0.1, -0.05) is 30.3 Å². The number of carboxylic acid groups (broad SMARTS) is 1. The van der Waals surface area contributed by atoms with Gasteiger partial charge in [0.15, 0.2) is 0 Å². The minimum Gasteiger partial charge on any atom is -0.465 e. The van der Waals surface area contributed by atoms with Crippen LogP contribution in [-0.4, -0.2) is 79.5 Å². The summed E-state index contributed by atoms with van der Waals surface area (Å²) in [5.74, 6) is 0. The number of carbonyl (C=O) groups excluding carboxylic acids is 1. The zero-order valence-electron chi connectivity index (χ0n) is 14.3. The Hall–Kier alpha value is -2.32. The average Bonchev–Trinajstić information content (AvgIpc) is 2.61. The second-order valence-corrected chi connectivity index (χ2v) is 5.80. The van der Waals surface area contributed by atoms with Gasteiger partial charge in [-0.2, -0.15) is 0 Å². The number of rotatable bonds is 2. The summed E-state index contributed by atoms with van der Waals surface area (Å²) in [7, 11) is 0. The lowest BCUT2D eigenvalue weighted by molar-refractivity contribution is 0.0961. The summed E-state index contributed by atoms with van der Waals surface area (Å²) in [6.45, 7) is 4.43. The molecule has 0 atom stereocenters. The molecule has 1 fully saturated rings. The van der Waals surface area contributed by atoms with Crippen LogP contribution in [0.1, 0.15) is 5.56 Å². The third-order valence-electron chi connectivity index (χ3n) is 3.97. The average molecular weight is 350 g/mol. The Morgan fingerprint density at radius 1 is 0.920 bits per heavy atom. The molecule has 1 heterocycles. The molecule has 1 aromatic rings. The van der Waals surface area contributed by atoms with E-state index in [0.717, 1.165) is 5.56 Å². The van der Waals surface area contributed by atoms with E-state index in [2.05, 4.69) is 10.6 Å². The first-order valence-electron chi connectivity index (χ1n) is 8.52. The van der Waals surface area contributed by atoms with E-state index in [1.807, 2.05) is 30.3 Å². The molecule has 0 bridgehead atoms. The van der Waals surface area contributed by atoms with Gasteiger partial charge in [-0.25, -0.2) is 9.59 Å². The molecular weight excluding hydrogens is 324 g/mol. The van der Waals surface area contributed by atoms with Gasteiger partial charge in [-0.15, -0.1) is 0 Å². The van der Waals surface area contributed by atoms with Gasteiger partial charge in [-0.05, 0) is 5.56 Å². The zero-order valence-corrected chi connectivity index (χ0v) is 14.3. The Balaban J connectivity index is 1.80. The lowest BCUT2D eigenvalue weighted by atomic mass is 10.2. The largest absolute Gasteiger partial charge is 0.465 e. The van der Waals surface area contributed by atoms with Crippen molar-refractivity contribution in [1.82, 2.24) is 20.4 Å². The van der Waals surface area contributed by atoms with E-state index >= 15 is 0 Å². The maximum Gasteiger partial charge on any atom is 0.410 e. The summed E-state index contributed by atoms with van der Waals surface area (Å²) in [4.78, 5) is 26.4. The lowest BCUT2D eigenvalue weighted by Crippen LogP contribution is -2.46. The fourth-order valence-corrected chi connectivity index (χ4v) is 2.51. The topological polar surface area (TPSA) is 94.1 Å². The Morgan fingerprint density at radius 2 is 1.44 bits per heavy atom. The molecule has 0 aromatic heterocycles. The molecule has 2 rings (SSSR count). The zero-order chi connectivity index (χ0) is 17.9. The highest BCUT2D eigenvalue weighted by molar-refractivity contribution is 5.67. The predicted octanol–water partition coefficient (Wildman–Crippen LogP) is 0.798. The second kappa shape index (κ2) is 10.5. The molecule has 0 spiro atoms. The molecule has 138 valence electrons. The van der Waals surface area contributed by atoms with Crippen LogP contribution in [0.15, 0.2) is 30.3 Å². The fourth-order valence-electron chi connectivity index (χ4n) is 2.51. The molecule has 1 saturated heterocycles. The number of nitrogens with zero attached hydrogens (tertiary/aromatic N) is 2. The van der Waals surface area contributed by atoms with Crippen LogP contribution >= 0.6 is 0 Å². The van der Waals surface area contributed by atoms with Gasteiger partial charge in [-0.3, -0.25) is 0 Å². The summed E-state index contributed by atoms with van der Waals surface area (Å²) in [6, 6.07) is 9.58. The molecule has 3 N–H and O–H groups in total. The van der Waals surface area contributed by atoms with E-state index in [0.29, 0.717) is 52.4 Å². The van der Waals surface area contributed by atoms with Gasteiger partial charge < -0.3 is 30.3 Å². The van der Waals surface area contributed by atoms with E-state index in [-0.39, 0.29) is 12.7 Å². The number of ether oxygens (including phenoxy) is 1. The van der Waals surface area contributed by atoms with Crippen molar-refractivity contribution in [1.29, 1.82) is 0 Å². The molecule has 0 unspecified atom stereocenters. The highest BCUT2D eigenvalue weighted by Crippen LogP contribution is 2.03. The third-order valence-corrected chi connectivity index (χ3v) is 3.97. The van der Waals surface area contributed by atoms with Gasteiger partial charge in [0, 0.05) is 52.4 Å². The molecule has 1 aliphatic rings. The molecule has 1 aromatic carbocycles. The van der Waals surface area contributed by atoms with Crippen molar-refractivity contribution in [2.75, 3.05) is 52.4 Å². The molecule has 25 heavy (non-hydrogen) atoms. The normalized spacial score (nSPS) is 17.3. The van der Waals surface area contributed by atoms with Crippen LogP contribution in [0.4, 0.5) is 9.59 Å². The Kier molecular flexibility index (Phi) is 8.00. The van der Waals surface area contributed by atoms with Crippen molar-refractivity contribution in [2.45, 2.75) is 6.61 Å². The SMILES string of the molecule is O=C(O)N1CCNCCN(C(=O)OCc2ccccc2)CCNCC1. The van der Waals surface area contributed by atoms with Crippen LogP contribution in [0, 0.1) is 0 Å². The first-order chi connectivity index (χ1) is 12.2. The summed E-state index contributed by atoms with van der Waals surface area (Å²) in [5, 5.41) is 15.5. The number of nitrogens with one attached hydrogen (secondary N) is 2. The molecule has 1 aliphatic heterocycles. The van der Waals surface area contributed by atoms with Gasteiger partial charge in [0.2, 0.25) is 0 Å². The molecule has 0 aliphatic carbocycles. The van der Waals surface area contributed by atoms with Crippen LogP contribution in [0.5, 0.6) is 0 Å². The lowest BCUT2D eigenvalue weighted by Gasteiger charge is -2.25. The van der Waals surface area contributed by atoms with Gasteiger partial charge >= 0.3 is 12.2 Å². The Morgan fingerprint density at radius 3 is 1.96 bits per heavy atom. The number of amides is 2. The maximum atomic E-state index is 12.3. The van der Waals surface area contributed by atoms with E-state index in [1.165, 1.54) is 4.90 Å². The monoisotopic (exact) mass is 350 g/mol. The van der Waals surface area contributed by atoms with Crippen LogP contribution in [0.3, 0.4) is 0 Å². The molecule has 2 amide bonds. The quantitative estimate of drug-likeness (QED) is 0.730. The third kappa shape index (κ3) is 6.98. The van der Waals surface area contributed by atoms with E-state index in [1.54, 1.807) is 4.90 Å². The predicted molar refractivity (Wildman–Crippen MR) is 93.5 cm³/mol. The van der Waals surface area contributed by atoms with Crippen LogP contribution in [0.2, 0.25) is 0 Å². The van der Waals surface area contributed by atoms with E-state index in [9.17, 15) is 9.59 Å². The molecular formula is C17H26N4O4. The second-order valence-electron chi connectivity index (χ2n) is 5.80. The van der Waals surface area contributed by atoms with E-state index in [4.69, 9.17) is 9.84 Å². The molecule has 0 radical (unpaired) electrons. The molecule has 8 nitrogen and oxygen atoms in total. The van der Waals surface area contributed by atoms with Crippen LogP contribution in [-0.2, 0) is 11.3 Å². The number of benzene rings is 1. The summed E-state index contributed by atoms with van der Waals surface area (Å²) in [6.07, 6.45) is -1.25. The van der Waals surface area contributed by atoms with Gasteiger partial charge in [0.25, 0.3) is 0 Å². The Bertz CT molecular complexity index is 527. The first kappa shape index (κ1) is 19.0. The minimum atomic E-state index is -0.910.